The molecule has 0 radical (unpaired) electrons. The summed E-state index contributed by atoms with van der Waals surface area (Å²) in [7, 11) is 0. The Hall–Kier alpha value is -1.20. The number of nitrogens with one attached hydrogen (secondary N) is 1. The van der Waals surface area contributed by atoms with E-state index in [1.807, 2.05) is 13.0 Å². The molecule has 0 fully saturated rings. The summed E-state index contributed by atoms with van der Waals surface area (Å²) in [6.07, 6.45) is 3.38. The van der Waals surface area contributed by atoms with Crippen molar-refractivity contribution in [3.8, 4) is 11.5 Å². The third kappa shape index (κ3) is 2.08. The van der Waals surface area contributed by atoms with E-state index in [0.717, 1.165) is 15.7 Å². The summed E-state index contributed by atoms with van der Waals surface area (Å²) in [5.74, 6) is 0.658. The highest BCUT2D eigenvalue weighted by Gasteiger charge is 2.08. The second-order valence-electron chi connectivity index (χ2n) is 3.26. The number of hydrogen-bond acceptors (Lipinski definition) is 3. The molecule has 0 unspecified atom stereocenters. The van der Waals surface area contributed by atoms with Gasteiger partial charge >= 0.3 is 0 Å². The van der Waals surface area contributed by atoms with Crippen LogP contribution in [0.2, 0.25) is 0 Å². The number of H-pyrrole nitrogens is 1. The van der Waals surface area contributed by atoms with Crippen LogP contribution in [0.5, 0.6) is 0 Å². The van der Waals surface area contributed by atoms with E-state index in [1.54, 1.807) is 12.4 Å². The van der Waals surface area contributed by atoms with E-state index in [-0.39, 0.29) is 6.61 Å². The number of aromatic amines is 1. The summed E-state index contributed by atoms with van der Waals surface area (Å²) in [4.78, 5) is 11.4. The zero-order valence-corrected chi connectivity index (χ0v) is 9.74. The fourth-order valence-electron chi connectivity index (χ4n) is 1.27. The van der Waals surface area contributed by atoms with Crippen molar-refractivity contribution < 1.29 is 5.11 Å². The summed E-state index contributed by atoms with van der Waals surface area (Å²) in [5.41, 5.74) is 2.51. The monoisotopic (exact) mass is 267 g/mol. The molecular formula is C10H10BrN3O. The first kappa shape index (κ1) is 10.3. The van der Waals surface area contributed by atoms with Crippen molar-refractivity contribution in [2.45, 2.75) is 13.5 Å². The van der Waals surface area contributed by atoms with Gasteiger partial charge in [0.1, 0.15) is 5.69 Å². The van der Waals surface area contributed by atoms with Gasteiger partial charge < -0.3 is 10.1 Å². The third-order valence-electron chi connectivity index (χ3n) is 2.00. The molecule has 0 spiro atoms. The molecule has 0 amide bonds. The Morgan fingerprint density at radius 2 is 2.20 bits per heavy atom. The molecule has 2 heterocycles. The van der Waals surface area contributed by atoms with Crippen LogP contribution >= 0.6 is 15.9 Å². The van der Waals surface area contributed by atoms with Gasteiger partial charge in [0.2, 0.25) is 0 Å². The van der Waals surface area contributed by atoms with Gasteiger partial charge in [-0.25, -0.2) is 4.98 Å². The van der Waals surface area contributed by atoms with Crippen LogP contribution in [0, 0.1) is 6.92 Å². The molecule has 2 aromatic heterocycles. The van der Waals surface area contributed by atoms with Crippen LogP contribution < -0.4 is 0 Å². The lowest BCUT2D eigenvalue weighted by Crippen LogP contribution is -1.89. The van der Waals surface area contributed by atoms with Crippen molar-refractivity contribution in [2.24, 2.45) is 0 Å². The molecule has 0 aliphatic heterocycles. The highest BCUT2D eigenvalue weighted by molar-refractivity contribution is 9.10. The lowest BCUT2D eigenvalue weighted by atomic mass is 10.3. The minimum atomic E-state index is -0.0452. The highest BCUT2D eigenvalue weighted by Crippen LogP contribution is 2.24. The second kappa shape index (κ2) is 4.12. The SMILES string of the molecule is Cc1cnc(-c2ncc(CO)[nH]2)c(Br)c1. The molecule has 0 aliphatic rings. The van der Waals surface area contributed by atoms with Crippen molar-refractivity contribution in [2.75, 3.05) is 0 Å². The minimum absolute atomic E-state index is 0.0452. The molecular weight excluding hydrogens is 258 g/mol. The lowest BCUT2D eigenvalue weighted by Gasteiger charge is -2.00. The molecule has 0 aliphatic carbocycles. The maximum absolute atomic E-state index is 8.91. The Labute approximate surface area is 95.5 Å². The topological polar surface area (TPSA) is 61.8 Å². The molecule has 2 aromatic rings. The maximum Gasteiger partial charge on any atom is 0.157 e. The Bertz CT molecular complexity index is 481. The molecule has 4 nitrogen and oxygen atoms in total. The van der Waals surface area contributed by atoms with Crippen molar-refractivity contribution >= 4 is 15.9 Å². The smallest absolute Gasteiger partial charge is 0.157 e. The van der Waals surface area contributed by atoms with E-state index in [2.05, 4.69) is 30.9 Å². The van der Waals surface area contributed by atoms with Gasteiger partial charge in [-0.15, -0.1) is 0 Å². The van der Waals surface area contributed by atoms with Gasteiger partial charge in [-0.05, 0) is 34.5 Å². The molecule has 0 bridgehead atoms. The molecule has 78 valence electrons. The second-order valence-corrected chi connectivity index (χ2v) is 4.11. The van der Waals surface area contributed by atoms with Gasteiger partial charge in [0.15, 0.2) is 5.82 Å². The number of hydrogen-bond donors (Lipinski definition) is 2. The van der Waals surface area contributed by atoms with Crippen molar-refractivity contribution in [3.63, 3.8) is 0 Å². The van der Waals surface area contributed by atoms with Crippen LogP contribution in [0.4, 0.5) is 0 Å². The molecule has 5 heteroatoms. The van der Waals surface area contributed by atoms with Gasteiger partial charge in [0, 0.05) is 10.7 Å². The largest absolute Gasteiger partial charge is 0.390 e. The van der Waals surface area contributed by atoms with Crippen LogP contribution in [-0.4, -0.2) is 20.1 Å². The summed E-state index contributed by atoms with van der Waals surface area (Å²) < 4.78 is 0.890. The summed E-state index contributed by atoms with van der Waals surface area (Å²) in [5, 5.41) is 8.91. The lowest BCUT2D eigenvalue weighted by molar-refractivity contribution is 0.277. The molecule has 0 saturated carbocycles. The summed E-state index contributed by atoms with van der Waals surface area (Å²) >= 11 is 3.43. The average Bonchev–Trinajstić information content (AvgIpc) is 2.66. The molecule has 2 rings (SSSR count). The number of aliphatic hydroxyl groups is 1. The number of pyridine rings is 1. The third-order valence-corrected chi connectivity index (χ3v) is 2.61. The predicted molar refractivity (Wildman–Crippen MR) is 60.2 cm³/mol. The van der Waals surface area contributed by atoms with Crippen molar-refractivity contribution in [3.05, 3.63) is 34.2 Å². The Morgan fingerprint density at radius 1 is 1.40 bits per heavy atom. The first-order chi connectivity index (χ1) is 7.20. The number of aliphatic hydroxyl groups excluding tert-OH is 1. The number of aryl methyl sites for hydroxylation is 1. The van der Waals surface area contributed by atoms with E-state index >= 15 is 0 Å². The van der Waals surface area contributed by atoms with Crippen LogP contribution in [0.15, 0.2) is 22.9 Å². The first-order valence-electron chi connectivity index (χ1n) is 4.48. The van der Waals surface area contributed by atoms with Gasteiger partial charge in [-0.1, -0.05) is 0 Å². The summed E-state index contributed by atoms with van der Waals surface area (Å²) in [6.45, 7) is 1.93. The molecule has 15 heavy (non-hydrogen) atoms. The Kier molecular flexibility index (Phi) is 2.83. The van der Waals surface area contributed by atoms with Gasteiger partial charge in [0.25, 0.3) is 0 Å². The predicted octanol–water partition coefficient (Wildman–Crippen LogP) is 2.03. The normalized spacial score (nSPS) is 10.6. The van der Waals surface area contributed by atoms with Gasteiger partial charge in [0.05, 0.1) is 18.5 Å². The van der Waals surface area contributed by atoms with Crippen molar-refractivity contribution in [1.82, 2.24) is 15.0 Å². The van der Waals surface area contributed by atoms with Crippen LogP contribution in [0.25, 0.3) is 11.5 Å². The van der Waals surface area contributed by atoms with E-state index in [1.165, 1.54) is 0 Å². The van der Waals surface area contributed by atoms with E-state index in [4.69, 9.17) is 5.11 Å². The molecule has 2 N–H and O–H groups in total. The molecule has 0 aromatic carbocycles. The number of nitrogens with zero attached hydrogens (tertiary/aromatic N) is 2. The Balaban J connectivity index is 2.44. The zero-order chi connectivity index (χ0) is 10.8. The fourth-order valence-corrected chi connectivity index (χ4v) is 1.92. The Morgan fingerprint density at radius 3 is 2.80 bits per heavy atom. The number of rotatable bonds is 2. The number of imidazole rings is 1. The van der Waals surface area contributed by atoms with Crippen LogP contribution in [0.1, 0.15) is 11.3 Å². The maximum atomic E-state index is 8.91. The number of aromatic nitrogens is 3. The molecule has 0 saturated heterocycles. The standard InChI is InChI=1S/C10H10BrN3O/c1-6-2-8(11)9(12-3-6)10-13-4-7(5-15)14-10/h2-4,15H,5H2,1H3,(H,13,14). The van der Waals surface area contributed by atoms with E-state index in [0.29, 0.717) is 11.5 Å². The first-order valence-corrected chi connectivity index (χ1v) is 5.27. The van der Waals surface area contributed by atoms with E-state index in [9.17, 15) is 0 Å². The van der Waals surface area contributed by atoms with Crippen LogP contribution in [0.3, 0.4) is 0 Å². The number of halogens is 1. The van der Waals surface area contributed by atoms with Gasteiger partial charge in [-0.3, -0.25) is 4.98 Å². The molecule has 0 atom stereocenters. The summed E-state index contributed by atoms with van der Waals surface area (Å²) in [6, 6.07) is 1.98. The highest BCUT2D eigenvalue weighted by atomic mass is 79.9. The van der Waals surface area contributed by atoms with Gasteiger partial charge in [-0.2, -0.15) is 0 Å². The fraction of sp³-hybridized carbons (Fsp3) is 0.200. The van der Waals surface area contributed by atoms with E-state index < -0.39 is 0 Å². The quantitative estimate of drug-likeness (QED) is 0.876. The minimum Gasteiger partial charge on any atom is -0.390 e. The van der Waals surface area contributed by atoms with Crippen LogP contribution in [-0.2, 0) is 6.61 Å². The average molecular weight is 268 g/mol. The van der Waals surface area contributed by atoms with Crippen molar-refractivity contribution in [1.29, 1.82) is 0 Å². The zero-order valence-electron chi connectivity index (χ0n) is 8.16.